The summed E-state index contributed by atoms with van der Waals surface area (Å²) in [6.45, 7) is 6.73. The first kappa shape index (κ1) is 18.8. The van der Waals surface area contributed by atoms with Gasteiger partial charge in [-0.15, -0.1) is 12.1 Å². The van der Waals surface area contributed by atoms with Gasteiger partial charge in [0.05, 0.1) is 0 Å². The third-order valence-electron chi connectivity index (χ3n) is 2.96. The average Bonchev–Trinajstić information content (AvgIpc) is 2.28. The molecule has 4 heteroatoms. The maximum absolute atomic E-state index is 6.17. The van der Waals surface area contributed by atoms with Gasteiger partial charge in [-0.3, -0.25) is 0 Å². The minimum absolute atomic E-state index is 0. The summed E-state index contributed by atoms with van der Waals surface area (Å²) >= 11 is 0. The van der Waals surface area contributed by atoms with E-state index in [4.69, 9.17) is 4.43 Å². The molecule has 1 aromatic carbocycles. The Balaban J connectivity index is 0. The van der Waals surface area contributed by atoms with Crippen LogP contribution in [0.15, 0.2) is 24.3 Å². The molecule has 0 aromatic heterocycles. The molecule has 0 aliphatic carbocycles. The summed E-state index contributed by atoms with van der Waals surface area (Å²) in [6.07, 6.45) is 0. The Bertz CT molecular complexity index is 257. The van der Waals surface area contributed by atoms with E-state index in [2.05, 4.69) is 26.8 Å². The first-order valence-electron chi connectivity index (χ1n) is 5.41. The number of halogens is 1. The first-order valence-corrected chi connectivity index (χ1v) is 7.94. The Kier molecular flexibility index (Phi) is 11.2. The fourth-order valence-corrected chi connectivity index (χ4v) is 4.23. The second kappa shape index (κ2) is 9.51. The van der Waals surface area contributed by atoms with Crippen LogP contribution in [0.25, 0.3) is 0 Å². The predicted octanol–water partition coefficient (Wildman–Crippen LogP) is 0.494. The minimum Gasteiger partial charge on any atom is -1.00 e. The number of rotatable bonds is 5. The molecule has 0 aliphatic heterocycles. The Hall–Kier alpha value is 0.483. The van der Waals surface area contributed by atoms with Crippen LogP contribution in [-0.2, 0) is 0 Å². The average molecular weight is 312 g/mol. The standard InChI is InChI=1S/C12H19OSi.BrH.Mg/c1-4-14(5-2,6-3)13-12-10-8-7-9-11-12;;/h8-11H,4-6H2,1-3H3;1H;/q-1;;+2/p-1. The van der Waals surface area contributed by atoms with E-state index in [-0.39, 0.29) is 40.0 Å². The maximum atomic E-state index is 6.17. The summed E-state index contributed by atoms with van der Waals surface area (Å²) in [5, 5.41) is 0. The van der Waals surface area contributed by atoms with Crippen LogP contribution in [0.1, 0.15) is 20.8 Å². The van der Waals surface area contributed by atoms with Gasteiger partial charge >= 0.3 is 23.1 Å². The van der Waals surface area contributed by atoms with Crippen LogP contribution >= 0.6 is 0 Å². The van der Waals surface area contributed by atoms with Crippen molar-refractivity contribution in [1.29, 1.82) is 0 Å². The molecule has 1 nitrogen and oxygen atoms in total. The number of hydrogen-bond acceptors (Lipinski definition) is 1. The fourth-order valence-electron chi connectivity index (χ4n) is 1.66. The SMILES string of the molecule is CC[Si](CC)(CC)Oc1cc[c-]cc1.[Br-].[Mg+2]. The molecule has 0 saturated heterocycles. The van der Waals surface area contributed by atoms with Gasteiger partial charge in [-0.25, -0.2) is 0 Å². The zero-order valence-electron chi connectivity index (χ0n) is 10.4. The molecule has 86 valence electrons. The van der Waals surface area contributed by atoms with Crippen molar-refractivity contribution >= 4 is 31.4 Å². The van der Waals surface area contributed by atoms with Crippen molar-refractivity contribution in [2.24, 2.45) is 0 Å². The quantitative estimate of drug-likeness (QED) is 0.568. The van der Waals surface area contributed by atoms with Crippen LogP contribution < -0.4 is 21.4 Å². The van der Waals surface area contributed by atoms with Crippen molar-refractivity contribution in [1.82, 2.24) is 0 Å². The molecule has 1 aromatic rings. The van der Waals surface area contributed by atoms with Gasteiger partial charge in [-0.2, -0.15) is 18.2 Å². The van der Waals surface area contributed by atoms with Gasteiger partial charge in [-0.05, 0) is 23.9 Å². The molecule has 0 unspecified atom stereocenters. The summed E-state index contributed by atoms with van der Waals surface area (Å²) < 4.78 is 6.17. The van der Waals surface area contributed by atoms with Crippen molar-refractivity contribution in [3.63, 3.8) is 0 Å². The zero-order valence-corrected chi connectivity index (χ0v) is 14.4. The topological polar surface area (TPSA) is 9.23 Å². The fraction of sp³-hybridized carbons (Fsp3) is 0.500. The summed E-state index contributed by atoms with van der Waals surface area (Å²) in [7, 11) is -1.47. The van der Waals surface area contributed by atoms with Crippen molar-refractivity contribution in [3.05, 3.63) is 30.3 Å². The third kappa shape index (κ3) is 5.21. The molecule has 0 heterocycles. The monoisotopic (exact) mass is 310 g/mol. The molecule has 0 fully saturated rings. The molecule has 0 N–H and O–H groups in total. The van der Waals surface area contributed by atoms with E-state index in [0.29, 0.717) is 0 Å². The smallest absolute Gasteiger partial charge is 1.00 e. The Morgan fingerprint density at radius 2 is 1.50 bits per heavy atom. The predicted molar refractivity (Wildman–Crippen MR) is 68.9 cm³/mol. The minimum atomic E-state index is -1.47. The van der Waals surface area contributed by atoms with Gasteiger partial charge in [0.1, 0.15) is 0 Å². The zero-order chi connectivity index (χ0) is 10.4. The first-order chi connectivity index (χ1) is 6.76. The van der Waals surface area contributed by atoms with Crippen molar-refractivity contribution in [3.8, 4) is 5.75 Å². The van der Waals surface area contributed by atoms with Crippen LogP contribution in [0.2, 0.25) is 18.1 Å². The van der Waals surface area contributed by atoms with Gasteiger partial charge in [0.15, 0.2) is 0 Å². The van der Waals surface area contributed by atoms with E-state index in [1.807, 2.05) is 24.3 Å². The third-order valence-corrected chi connectivity index (χ3v) is 7.49. The molecule has 0 bridgehead atoms. The maximum Gasteiger partial charge on any atom is 2.00 e. The molecule has 0 saturated carbocycles. The molecule has 0 spiro atoms. The summed E-state index contributed by atoms with van der Waals surface area (Å²) in [6, 6.07) is 14.4. The van der Waals surface area contributed by atoms with Crippen LogP contribution in [0, 0.1) is 6.07 Å². The van der Waals surface area contributed by atoms with Gasteiger partial charge in [0.2, 0.25) is 8.32 Å². The van der Waals surface area contributed by atoms with Crippen LogP contribution in [0.5, 0.6) is 5.75 Å². The van der Waals surface area contributed by atoms with Gasteiger partial charge in [-0.1, -0.05) is 20.8 Å². The molecule has 0 atom stereocenters. The molecular formula is C12H19BrMgOSi. The molecule has 0 aliphatic rings. The number of hydrogen-bond donors (Lipinski definition) is 0. The molecule has 0 amide bonds. The van der Waals surface area contributed by atoms with Crippen molar-refractivity contribution in [2.75, 3.05) is 0 Å². The van der Waals surface area contributed by atoms with Gasteiger partial charge < -0.3 is 21.4 Å². The largest absolute Gasteiger partial charge is 2.00 e. The van der Waals surface area contributed by atoms with Crippen LogP contribution in [0.4, 0.5) is 0 Å². The van der Waals surface area contributed by atoms with Crippen molar-refractivity contribution < 1.29 is 21.4 Å². The second-order valence-corrected chi connectivity index (χ2v) is 8.27. The van der Waals surface area contributed by atoms with Crippen LogP contribution in [0.3, 0.4) is 0 Å². The van der Waals surface area contributed by atoms with E-state index in [9.17, 15) is 0 Å². The van der Waals surface area contributed by atoms with Crippen molar-refractivity contribution in [2.45, 2.75) is 38.9 Å². The Labute approximate surface area is 127 Å². The number of benzene rings is 1. The molecular weight excluding hydrogens is 292 g/mol. The van der Waals surface area contributed by atoms with E-state index < -0.39 is 8.32 Å². The van der Waals surface area contributed by atoms with E-state index in [0.717, 1.165) is 5.75 Å². The summed E-state index contributed by atoms with van der Waals surface area (Å²) in [5.74, 6) is 1.01. The Morgan fingerprint density at radius 3 is 1.88 bits per heavy atom. The summed E-state index contributed by atoms with van der Waals surface area (Å²) in [5.41, 5.74) is 0. The summed E-state index contributed by atoms with van der Waals surface area (Å²) in [4.78, 5) is 0. The molecule has 0 radical (unpaired) electrons. The van der Waals surface area contributed by atoms with Crippen LogP contribution in [-0.4, -0.2) is 31.4 Å². The normalized spacial score (nSPS) is 9.94. The van der Waals surface area contributed by atoms with Gasteiger partial charge in [0.25, 0.3) is 0 Å². The van der Waals surface area contributed by atoms with E-state index in [1.54, 1.807) is 0 Å². The van der Waals surface area contributed by atoms with E-state index >= 15 is 0 Å². The Morgan fingerprint density at radius 1 is 1.06 bits per heavy atom. The van der Waals surface area contributed by atoms with E-state index in [1.165, 1.54) is 18.1 Å². The molecule has 16 heavy (non-hydrogen) atoms. The van der Waals surface area contributed by atoms with Gasteiger partial charge in [0, 0.05) is 0 Å². The molecule has 1 rings (SSSR count). The second-order valence-electron chi connectivity index (χ2n) is 3.58.